The van der Waals surface area contributed by atoms with Gasteiger partial charge in [0.1, 0.15) is 5.82 Å². The van der Waals surface area contributed by atoms with Crippen molar-refractivity contribution in [2.45, 2.75) is 40.2 Å². The summed E-state index contributed by atoms with van der Waals surface area (Å²) in [7, 11) is 2.13. The molecule has 1 heterocycles. The fourth-order valence-electron chi connectivity index (χ4n) is 1.55. The molecule has 1 aromatic rings. The number of nitrogens with zero attached hydrogens (tertiary/aromatic N) is 3. The van der Waals surface area contributed by atoms with Crippen LogP contribution in [-0.4, -0.2) is 47.6 Å². The standard InChI is InChI=1S/C14H27N5/c1-6-7-16-14-17-10-12(4)13(18-14)15-8-9-19(5)11(2)3/h10-11H,6-9H2,1-5H3,(H2,15,16,17,18). The fourth-order valence-corrected chi connectivity index (χ4v) is 1.55. The molecule has 0 aromatic carbocycles. The molecule has 108 valence electrons. The number of hydrogen-bond donors (Lipinski definition) is 2. The Hall–Kier alpha value is -1.36. The monoisotopic (exact) mass is 265 g/mol. The maximum absolute atomic E-state index is 4.50. The van der Waals surface area contributed by atoms with Gasteiger partial charge in [-0.25, -0.2) is 4.98 Å². The first-order valence-corrected chi connectivity index (χ1v) is 7.06. The van der Waals surface area contributed by atoms with Crippen molar-refractivity contribution in [3.63, 3.8) is 0 Å². The summed E-state index contributed by atoms with van der Waals surface area (Å²) in [5.41, 5.74) is 1.08. The van der Waals surface area contributed by atoms with Gasteiger partial charge in [-0.05, 0) is 34.2 Å². The van der Waals surface area contributed by atoms with Crippen LogP contribution in [-0.2, 0) is 0 Å². The number of aromatic nitrogens is 2. The second-order valence-electron chi connectivity index (χ2n) is 5.15. The van der Waals surface area contributed by atoms with Gasteiger partial charge in [-0.1, -0.05) is 6.92 Å². The van der Waals surface area contributed by atoms with Gasteiger partial charge < -0.3 is 15.5 Å². The second kappa shape index (κ2) is 7.94. The van der Waals surface area contributed by atoms with Crippen LogP contribution in [0.15, 0.2) is 6.20 Å². The van der Waals surface area contributed by atoms with Crippen LogP contribution in [0.5, 0.6) is 0 Å². The normalized spacial score (nSPS) is 11.1. The Balaban J connectivity index is 2.52. The quantitative estimate of drug-likeness (QED) is 0.755. The molecule has 0 unspecified atom stereocenters. The highest BCUT2D eigenvalue weighted by Crippen LogP contribution is 2.12. The van der Waals surface area contributed by atoms with Gasteiger partial charge in [-0.15, -0.1) is 0 Å². The lowest BCUT2D eigenvalue weighted by Crippen LogP contribution is -2.31. The van der Waals surface area contributed by atoms with E-state index < -0.39 is 0 Å². The van der Waals surface area contributed by atoms with Gasteiger partial charge in [0.05, 0.1) is 0 Å². The molecule has 0 fully saturated rings. The van der Waals surface area contributed by atoms with Crippen molar-refractivity contribution < 1.29 is 0 Å². The molecule has 0 aliphatic heterocycles. The van der Waals surface area contributed by atoms with Gasteiger partial charge >= 0.3 is 0 Å². The van der Waals surface area contributed by atoms with E-state index in [1.165, 1.54) is 0 Å². The van der Waals surface area contributed by atoms with Crippen molar-refractivity contribution in [2.75, 3.05) is 37.3 Å². The number of nitrogens with one attached hydrogen (secondary N) is 2. The highest BCUT2D eigenvalue weighted by Gasteiger charge is 2.05. The van der Waals surface area contributed by atoms with E-state index in [2.05, 4.69) is 53.3 Å². The van der Waals surface area contributed by atoms with Crippen molar-refractivity contribution >= 4 is 11.8 Å². The molecule has 1 rings (SSSR count). The van der Waals surface area contributed by atoms with Crippen LogP contribution in [0.2, 0.25) is 0 Å². The molecule has 0 bridgehead atoms. The minimum Gasteiger partial charge on any atom is -0.368 e. The lowest BCUT2D eigenvalue weighted by atomic mass is 10.3. The smallest absolute Gasteiger partial charge is 0.224 e. The zero-order valence-electron chi connectivity index (χ0n) is 12.8. The van der Waals surface area contributed by atoms with Gasteiger partial charge in [0, 0.05) is 37.4 Å². The first kappa shape index (κ1) is 15.7. The molecule has 5 heteroatoms. The van der Waals surface area contributed by atoms with Crippen molar-refractivity contribution in [1.29, 1.82) is 0 Å². The predicted octanol–water partition coefficient (Wildman–Crippen LogP) is 2.36. The molecule has 5 nitrogen and oxygen atoms in total. The summed E-state index contributed by atoms with van der Waals surface area (Å²) in [6.45, 7) is 11.3. The van der Waals surface area contributed by atoms with Crippen LogP contribution in [0.1, 0.15) is 32.8 Å². The minimum absolute atomic E-state index is 0.565. The summed E-state index contributed by atoms with van der Waals surface area (Å²) < 4.78 is 0. The first-order valence-electron chi connectivity index (χ1n) is 7.06. The Morgan fingerprint density at radius 3 is 2.63 bits per heavy atom. The summed E-state index contributed by atoms with van der Waals surface area (Å²) in [5.74, 6) is 1.62. The topological polar surface area (TPSA) is 53.1 Å². The van der Waals surface area contributed by atoms with Crippen LogP contribution >= 0.6 is 0 Å². The Bertz CT molecular complexity index is 378. The van der Waals surface area contributed by atoms with Gasteiger partial charge in [0.15, 0.2) is 0 Å². The van der Waals surface area contributed by atoms with Crippen LogP contribution in [0.25, 0.3) is 0 Å². The third-order valence-electron chi connectivity index (χ3n) is 3.14. The molecule has 0 radical (unpaired) electrons. The number of anilines is 2. The molecule has 0 saturated carbocycles. The van der Waals surface area contributed by atoms with E-state index in [0.717, 1.165) is 37.4 Å². The molecular weight excluding hydrogens is 238 g/mol. The minimum atomic E-state index is 0.565. The second-order valence-corrected chi connectivity index (χ2v) is 5.15. The molecular formula is C14H27N5. The molecule has 0 saturated heterocycles. The lowest BCUT2D eigenvalue weighted by molar-refractivity contribution is 0.284. The summed E-state index contributed by atoms with van der Waals surface area (Å²) in [6, 6.07) is 0.565. The van der Waals surface area contributed by atoms with Crippen molar-refractivity contribution in [1.82, 2.24) is 14.9 Å². The molecule has 0 atom stereocenters. The predicted molar refractivity (Wildman–Crippen MR) is 81.8 cm³/mol. The molecule has 0 aliphatic rings. The van der Waals surface area contributed by atoms with E-state index in [9.17, 15) is 0 Å². The number of hydrogen-bond acceptors (Lipinski definition) is 5. The molecule has 2 N–H and O–H groups in total. The van der Waals surface area contributed by atoms with E-state index >= 15 is 0 Å². The van der Waals surface area contributed by atoms with Crippen molar-refractivity contribution in [3.8, 4) is 0 Å². The average molecular weight is 265 g/mol. The van der Waals surface area contributed by atoms with E-state index in [0.29, 0.717) is 12.0 Å². The maximum atomic E-state index is 4.50. The summed E-state index contributed by atoms with van der Waals surface area (Å²) in [6.07, 6.45) is 2.93. The van der Waals surface area contributed by atoms with Crippen molar-refractivity contribution in [2.24, 2.45) is 0 Å². The maximum Gasteiger partial charge on any atom is 0.224 e. The zero-order chi connectivity index (χ0) is 14.3. The van der Waals surface area contributed by atoms with Gasteiger partial charge in [0.2, 0.25) is 5.95 Å². The Morgan fingerprint density at radius 2 is 2.00 bits per heavy atom. The number of aryl methyl sites for hydroxylation is 1. The van der Waals surface area contributed by atoms with E-state index in [1.54, 1.807) is 0 Å². The number of likely N-dealkylation sites (N-methyl/N-ethyl adjacent to an activating group) is 1. The van der Waals surface area contributed by atoms with Gasteiger partial charge in [-0.2, -0.15) is 4.98 Å². The molecule has 0 spiro atoms. The first-order chi connectivity index (χ1) is 9.04. The lowest BCUT2D eigenvalue weighted by Gasteiger charge is -2.21. The van der Waals surface area contributed by atoms with E-state index in [1.807, 2.05) is 13.1 Å². The highest BCUT2D eigenvalue weighted by molar-refractivity contribution is 5.46. The van der Waals surface area contributed by atoms with E-state index in [-0.39, 0.29) is 0 Å². The Labute approximate surface area is 116 Å². The van der Waals surface area contributed by atoms with Crippen LogP contribution in [0, 0.1) is 6.92 Å². The Morgan fingerprint density at radius 1 is 1.26 bits per heavy atom. The van der Waals surface area contributed by atoms with E-state index in [4.69, 9.17) is 0 Å². The zero-order valence-corrected chi connectivity index (χ0v) is 12.8. The van der Waals surface area contributed by atoms with Crippen molar-refractivity contribution in [3.05, 3.63) is 11.8 Å². The molecule has 0 amide bonds. The van der Waals surface area contributed by atoms with Crippen LogP contribution < -0.4 is 10.6 Å². The summed E-state index contributed by atoms with van der Waals surface area (Å²) in [4.78, 5) is 11.1. The molecule has 19 heavy (non-hydrogen) atoms. The fraction of sp³-hybridized carbons (Fsp3) is 0.714. The highest BCUT2D eigenvalue weighted by atomic mass is 15.2. The largest absolute Gasteiger partial charge is 0.368 e. The third-order valence-corrected chi connectivity index (χ3v) is 3.14. The molecule has 0 aliphatic carbocycles. The number of rotatable bonds is 8. The summed E-state index contributed by atoms with van der Waals surface area (Å²) in [5, 5.41) is 6.59. The van der Waals surface area contributed by atoms with Crippen LogP contribution in [0.3, 0.4) is 0 Å². The third kappa shape index (κ3) is 5.42. The average Bonchev–Trinajstić information content (AvgIpc) is 2.39. The van der Waals surface area contributed by atoms with Gasteiger partial charge in [0.25, 0.3) is 0 Å². The molecule has 1 aromatic heterocycles. The van der Waals surface area contributed by atoms with Crippen LogP contribution in [0.4, 0.5) is 11.8 Å². The summed E-state index contributed by atoms with van der Waals surface area (Å²) >= 11 is 0. The Kier molecular flexibility index (Phi) is 6.56. The van der Waals surface area contributed by atoms with Gasteiger partial charge in [-0.3, -0.25) is 0 Å². The SMILES string of the molecule is CCCNc1ncc(C)c(NCCN(C)C(C)C)n1.